The van der Waals surface area contributed by atoms with Crippen LogP contribution in [-0.2, 0) is 9.59 Å². The molecule has 0 spiro atoms. The lowest BCUT2D eigenvalue weighted by Crippen LogP contribution is -2.46. The second-order valence-electron chi connectivity index (χ2n) is 6.21. The van der Waals surface area contributed by atoms with Crippen LogP contribution in [-0.4, -0.2) is 41.5 Å². The van der Waals surface area contributed by atoms with Gasteiger partial charge in [0.25, 0.3) is 0 Å². The molecule has 5 heteroatoms. The van der Waals surface area contributed by atoms with E-state index in [0.29, 0.717) is 51.2 Å². The quantitative estimate of drug-likeness (QED) is 0.720. The maximum Gasteiger partial charge on any atom is 0.309 e. The summed E-state index contributed by atoms with van der Waals surface area (Å²) < 4.78 is 0. The van der Waals surface area contributed by atoms with Gasteiger partial charge in [0, 0.05) is 19.5 Å². The Morgan fingerprint density at radius 1 is 1.24 bits per heavy atom. The largest absolute Gasteiger partial charge is 0.481 e. The molecule has 0 bridgehead atoms. The Balaban J connectivity index is 2.43. The van der Waals surface area contributed by atoms with Crippen molar-refractivity contribution in [3.05, 3.63) is 0 Å². The third kappa shape index (κ3) is 4.70. The summed E-state index contributed by atoms with van der Waals surface area (Å²) in [6.45, 7) is 5.88. The van der Waals surface area contributed by atoms with E-state index < -0.39 is 11.4 Å². The van der Waals surface area contributed by atoms with Gasteiger partial charge in [0.1, 0.15) is 0 Å². The summed E-state index contributed by atoms with van der Waals surface area (Å²) in [4.78, 5) is 25.5. The molecule has 1 rings (SSSR count). The minimum Gasteiger partial charge on any atom is -0.481 e. The number of carboxylic acid groups (broad SMARTS) is 1. The fourth-order valence-electron chi connectivity index (χ4n) is 3.18. The molecule has 3 N–H and O–H groups in total. The highest BCUT2D eigenvalue weighted by molar-refractivity contribution is 5.78. The summed E-state index contributed by atoms with van der Waals surface area (Å²) in [5.41, 5.74) is 4.95. The fourth-order valence-corrected chi connectivity index (χ4v) is 3.18. The Hall–Kier alpha value is -1.10. The molecule has 1 saturated heterocycles. The molecule has 1 aliphatic rings. The third-order valence-electron chi connectivity index (χ3n) is 5.12. The van der Waals surface area contributed by atoms with Crippen LogP contribution >= 0.6 is 0 Å². The number of hydrogen-bond donors (Lipinski definition) is 2. The Morgan fingerprint density at radius 2 is 1.86 bits per heavy atom. The van der Waals surface area contributed by atoms with Crippen LogP contribution in [0.2, 0.25) is 0 Å². The molecule has 1 atom stereocenters. The van der Waals surface area contributed by atoms with Gasteiger partial charge >= 0.3 is 5.97 Å². The van der Waals surface area contributed by atoms with E-state index in [1.165, 1.54) is 0 Å². The number of nitrogens with two attached hydrogens (primary N) is 1. The van der Waals surface area contributed by atoms with Gasteiger partial charge in [0.05, 0.1) is 5.41 Å². The molecule has 0 saturated carbocycles. The maximum atomic E-state index is 12.2. The van der Waals surface area contributed by atoms with E-state index in [2.05, 4.69) is 6.92 Å². The lowest BCUT2D eigenvalue weighted by molar-refractivity contribution is -0.154. The Labute approximate surface area is 127 Å². The SMILES string of the molecule is CCC(CCN)CCC(=O)N1CCC(CC)(C(=O)O)CC1. The van der Waals surface area contributed by atoms with Crippen LogP contribution in [0.15, 0.2) is 0 Å². The van der Waals surface area contributed by atoms with Crippen LogP contribution in [0.3, 0.4) is 0 Å². The summed E-state index contributed by atoms with van der Waals surface area (Å²) in [5.74, 6) is -0.0239. The monoisotopic (exact) mass is 298 g/mol. The van der Waals surface area contributed by atoms with Crippen molar-refractivity contribution < 1.29 is 14.7 Å². The smallest absolute Gasteiger partial charge is 0.309 e. The fraction of sp³-hybridized carbons (Fsp3) is 0.875. The number of nitrogens with zero attached hydrogens (tertiary/aromatic N) is 1. The van der Waals surface area contributed by atoms with E-state index in [1.807, 2.05) is 11.8 Å². The standard InChI is InChI=1S/C16H30N2O3/c1-3-13(7-10-17)5-6-14(19)18-11-8-16(4-2,9-12-18)15(20)21/h13H,3-12,17H2,1-2H3,(H,20,21). The van der Waals surface area contributed by atoms with Gasteiger partial charge < -0.3 is 15.7 Å². The predicted octanol–water partition coefficient (Wildman–Crippen LogP) is 2.24. The third-order valence-corrected chi connectivity index (χ3v) is 5.12. The molecular weight excluding hydrogens is 268 g/mol. The molecule has 1 amide bonds. The summed E-state index contributed by atoms with van der Waals surface area (Å²) in [7, 11) is 0. The van der Waals surface area contributed by atoms with Crippen molar-refractivity contribution in [2.24, 2.45) is 17.1 Å². The van der Waals surface area contributed by atoms with Gasteiger partial charge in [0.15, 0.2) is 0 Å². The number of piperidine rings is 1. The highest BCUT2D eigenvalue weighted by atomic mass is 16.4. The summed E-state index contributed by atoms with van der Waals surface area (Å²) in [5, 5.41) is 9.37. The zero-order valence-electron chi connectivity index (χ0n) is 13.4. The van der Waals surface area contributed by atoms with Crippen LogP contribution < -0.4 is 5.73 Å². The van der Waals surface area contributed by atoms with Crippen LogP contribution in [0.5, 0.6) is 0 Å². The Morgan fingerprint density at radius 3 is 2.29 bits per heavy atom. The molecule has 1 aliphatic heterocycles. The van der Waals surface area contributed by atoms with Crippen LogP contribution in [0.25, 0.3) is 0 Å². The minimum atomic E-state index is -0.717. The number of carbonyl (C=O) groups is 2. The van der Waals surface area contributed by atoms with Crippen LogP contribution in [0.1, 0.15) is 58.8 Å². The van der Waals surface area contributed by atoms with E-state index in [1.54, 1.807) is 0 Å². The highest BCUT2D eigenvalue weighted by Crippen LogP contribution is 2.35. The Bertz CT molecular complexity index is 349. The first-order chi connectivity index (χ1) is 9.99. The van der Waals surface area contributed by atoms with Crippen molar-refractivity contribution >= 4 is 11.9 Å². The first kappa shape index (κ1) is 18.0. The molecule has 0 radical (unpaired) electrons. The van der Waals surface area contributed by atoms with Gasteiger partial charge in [-0.25, -0.2) is 0 Å². The second-order valence-corrected chi connectivity index (χ2v) is 6.21. The average molecular weight is 298 g/mol. The van der Waals surface area contributed by atoms with Crippen molar-refractivity contribution in [3.8, 4) is 0 Å². The molecule has 5 nitrogen and oxygen atoms in total. The molecule has 0 aromatic rings. The number of carboxylic acids is 1. The normalized spacial score (nSPS) is 19.3. The molecule has 1 fully saturated rings. The number of likely N-dealkylation sites (tertiary alicyclic amines) is 1. The van der Waals surface area contributed by atoms with Gasteiger partial charge in [-0.2, -0.15) is 0 Å². The topological polar surface area (TPSA) is 83.6 Å². The summed E-state index contributed by atoms with van der Waals surface area (Å²) in [6.07, 6.45) is 5.27. The van der Waals surface area contributed by atoms with E-state index in [0.717, 1.165) is 19.3 Å². The number of hydrogen-bond acceptors (Lipinski definition) is 3. The Kier molecular flexibility index (Phi) is 7.15. The van der Waals surface area contributed by atoms with Crippen molar-refractivity contribution in [1.82, 2.24) is 4.90 Å². The number of carbonyl (C=O) groups excluding carboxylic acids is 1. The summed E-state index contributed by atoms with van der Waals surface area (Å²) >= 11 is 0. The summed E-state index contributed by atoms with van der Waals surface area (Å²) in [6, 6.07) is 0. The molecule has 122 valence electrons. The van der Waals surface area contributed by atoms with Crippen LogP contribution in [0, 0.1) is 11.3 Å². The molecular formula is C16H30N2O3. The second kappa shape index (κ2) is 8.37. The van der Waals surface area contributed by atoms with E-state index in [-0.39, 0.29) is 5.91 Å². The van der Waals surface area contributed by atoms with Crippen molar-refractivity contribution in [2.45, 2.75) is 58.8 Å². The van der Waals surface area contributed by atoms with Gasteiger partial charge in [0.2, 0.25) is 5.91 Å². The first-order valence-electron chi connectivity index (χ1n) is 8.20. The van der Waals surface area contributed by atoms with E-state index >= 15 is 0 Å². The predicted molar refractivity (Wildman–Crippen MR) is 82.9 cm³/mol. The molecule has 0 aliphatic carbocycles. The lowest BCUT2D eigenvalue weighted by atomic mass is 9.76. The average Bonchev–Trinajstić information content (AvgIpc) is 2.50. The lowest BCUT2D eigenvalue weighted by Gasteiger charge is -2.38. The van der Waals surface area contributed by atoms with E-state index in [9.17, 15) is 14.7 Å². The highest BCUT2D eigenvalue weighted by Gasteiger charge is 2.40. The molecule has 0 aromatic carbocycles. The van der Waals surface area contributed by atoms with Crippen molar-refractivity contribution in [3.63, 3.8) is 0 Å². The molecule has 1 unspecified atom stereocenters. The molecule has 1 heterocycles. The van der Waals surface area contributed by atoms with Gasteiger partial charge in [-0.1, -0.05) is 20.3 Å². The van der Waals surface area contributed by atoms with Crippen molar-refractivity contribution in [2.75, 3.05) is 19.6 Å². The first-order valence-corrected chi connectivity index (χ1v) is 8.20. The van der Waals surface area contributed by atoms with E-state index in [4.69, 9.17) is 5.73 Å². The zero-order chi connectivity index (χ0) is 15.9. The van der Waals surface area contributed by atoms with Gasteiger partial charge in [-0.3, -0.25) is 9.59 Å². The minimum absolute atomic E-state index is 0.167. The van der Waals surface area contributed by atoms with Gasteiger partial charge in [-0.15, -0.1) is 0 Å². The number of amides is 1. The van der Waals surface area contributed by atoms with Crippen molar-refractivity contribution in [1.29, 1.82) is 0 Å². The number of aliphatic carboxylic acids is 1. The van der Waals surface area contributed by atoms with Crippen LogP contribution in [0.4, 0.5) is 0 Å². The molecule has 21 heavy (non-hydrogen) atoms. The maximum absolute atomic E-state index is 12.2. The number of rotatable bonds is 8. The van der Waals surface area contributed by atoms with Gasteiger partial charge in [-0.05, 0) is 44.6 Å². The molecule has 0 aromatic heterocycles. The zero-order valence-corrected chi connectivity index (χ0v) is 13.4.